The van der Waals surface area contributed by atoms with Crippen molar-refractivity contribution < 1.29 is 14.0 Å². The van der Waals surface area contributed by atoms with Gasteiger partial charge in [-0.15, -0.1) is 0 Å². The molecule has 28 heavy (non-hydrogen) atoms. The molecule has 0 amide bonds. The molecular formula is C24H26O3Si. The van der Waals surface area contributed by atoms with Crippen LogP contribution in [-0.2, 0) is 14.0 Å². The molecule has 0 N–H and O–H groups in total. The van der Waals surface area contributed by atoms with E-state index in [1.807, 2.05) is 18.2 Å². The van der Waals surface area contributed by atoms with Gasteiger partial charge in [-0.2, -0.15) is 0 Å². The lowest BCUT2D eigenvalue weighted by molar-refractivity contribution is -0.139. The maximum absolute atomic E-state index is 11.6. The smallest absolute Gasteiger partial charge is 0.331 e. The molecule has 0 saturated heterocycles. The van der Waals surface area contributed by atoms with Crippen LogP contribution in [0.15, 0.2) is 84.5 Å². The number of fused-ring (bicyclic) bond motifs is 1. The van der Waals surface area contributed by atoms with E-state index in [1.165, 1.54) is 10.4 Å². The molecule has 4 rings (SSSR count). The van der Waals surface area contributed by atoms with Gasteiger partial charge in [-0.25, -0.2) is 4.79 Å². The lowest BCUT2D eigenvalue weighted by Gasteiger charge is -2.45. The standard InChI is InChI=1S/C24H26O3Si/c1-24(2,3)28(20-10-6-4-7-11-20,21-12-8-5-9-13-21)27-19-15-14-18-16-23(25)26-22(18)17-19/h4-16,19,22H,17H2,1-3H3/t19-,22-/m0/s1. The van der Waals surface area contributed by atoms with Crippen LogP contribution in [-0.4, -0.2) is 26.5 Å². The molecule has 2 aliphatic rings. The Morgan fingerprint density at radius 1 is 0.964 bits per heavy atom. The summed E-state index contributed by atoms with van der Waals surface area (Å²) in [4.78, 5) is 11.6. The molecule has 3 nitrogen and oxygen atoms in total. The number of carbonyl (C=O) groups excluding carboxylic acids is 1. The second-order valence-electron chi connectivity index (χ2n) is 8.48. The molecule has 0 unspecified atom stereocenters. The number of hydrogen-bond acceptors (Lipinski definition) is 3. The van der Waals surface area contributed by atoms with Crippen LogP contribution in [0.1, 0.15) is 27.2 Å². The summed E-state index contributed by atoms with van der Waals surface area (Å²) in [6.45, 7) is 6.81. The second kappa shape index (κ2) is 7.19. The summed E-state index contributed by atoms with van der Waals surface area (Å²) in [5, 5.41) is 2.44. The minimum absolute atomic E-state index is 0.0774. The molecule has 0 bridgehead atoms. The third-order valence-electron chi connectivity index (χ3n) is 5.61. The number of esters is 1. The fourth-order valence-electron chi connectivity index (χ4n) is 4.32. The Bertz CT molecular complexity index is 870. The molecule has 1 aliphatic carbocycles. The Morgan fingerprint density at radius 3 is 2.07 bits per heavy atom. The number of carbonyl (C=O) groups is 1. The fraction of sp³-hybridized carbons (Fsp3) is 0.292. The Morgan fingerprint density at radius 2 is 1.54 bits per heavy atom. The normalized spacial score (nSPS) is 21.8. The number of benzene rings is 2. The highest BCUT2D eigenvalue weighted by molar-refractivity contribution is 6.99. The predicted octanol–water partition coefficient (Wildman–Crippen LogP) is 3.74. The van der Waals surface area contributed by atoms with Gasteiger partial charge in [0.25, 0.3) is 8.32 Å². The van der Waals surface area contributed by atoms with Gasteiger partial charge in [0.05, 0.1) is 6.10 Å². The monoisotopic (exact) mass is 390 g/mol. The highest BCUT2D eigenvalue weighted by Gasteiger charge is 2.51. The summed E-state index contributed by atoms with van der Waals surface area (Å²) >= 11 is 0. The Balaban J connectivity index is 1.79. The lowest BCUT2D eigenvalue weighted by atomic mass is 9.98. The third kappa shape index (κ3) is 3.27. The number of rotatable bonds is 4. The van der Waals surface area contributed by atoms with Crippen molar-refractivity contribution in [3.05, 3.63) is 84.5 Å². The van der Waals surface area contributed by atoms with E-state index in [0.29, 0.717) is 6.42 Å². The summed E-state index contributed by atoms with van der Waals surface area (Å²) in [6.07, 6.45) is 6.03. The topological polar surface area (TPSA) is 35.5 Å². The van der Waals surface area contributed by atoms with Crippen LogP contribution >= 0.6 is 0 Å². The molecular weight excluding hydrogens is 364 g/mol. The van der Waals surface area contributed by atoms with E-state index in [9.17, 15) is 4.79 Å². The van der Waals surface area contributed by atoms with Crippen LogP contribution in [0.3, 0.4) is 0 Å². The second-order valence-corrected chi connectivity index (χ2v) is 12.7. The first-order valence-electron chi connectivity index (χ1n) is 9.79. The van der Waals surface area contributed by atoms with Crippen LogP contribution < -0.4 is 10.4 Å². The van der Waals surface area contributed by atoms with E-state index >= 15 is 0 Å². The van der Waals surface area contributed by atoms with Crippen molar-refractivity contribution in [1.29, 1.82) is 0 Å². The lowest BCUT2D eigenvalue weighted by Crippen LogP contribution is -2.67. The maximum atomic E-state index is 11.6. The Kier molecular flexibility index (Phi) is 4.85. The molecule has 2 aromatic rings. The average molecular weight is 391 g/mol. The number of hydrogen-bond donors (Lipinski definition) is 0. The van der Waals surface area contributed by atoms with Crippen molar-refractivity contribution in [2.45, 2.75) is 44.4 Å². The molecule has 0 fully saturated rings. The molecule has 0 spiro atoms. The average Bonchev–Trinajstić information content (AvgIpc) is 3.06. The van der Waals surface area contributed by atoms with Crippen molar-refractivity contribution in [3.63, 3.8) is 0 Å². The van der Waals surface area contributed by atoms with Crippen molar-refractivity contribution in [2.75, 3.05) is 0 Å². The first-order valence-corrected chi connectivity index (χ1v) is 11.7. The Labute approximate surface area is 167 Å². The van der Waals surface area contributed by atoms with Gasteiger partial charge in [-0.05, 0) is 21.0 Å². The van der Waals surface area contributed by atoms with E-state index < -0.39 is 8.32 Å². The predicted molar refractivity (Wildman–Crippen MR) is 114 cm³/mol. The van der Waals surface area contributed by atoms with E-state index in [0.717, 1.165) is 5.57 Å². The highest BCUT2D eigenvalue weighted by atomic mass is 28.4. The Hall–Kier alpha value is -2.43. The summed E-state index contributed by atoms with van der Waals surface area (Å²) in [7, 11) is -2.61. The third-order valence-corrected chi connectivity index (χ3v) is 10.7. The zero-order valence-electron chi connectivity index (χ0n) is 16.6. The quantitative estimate of drug-likeness (QED) is 0.589. The summed E-state index contributed by atoms with van der Waals surface area (Å²) < 4.78 is 12.6. The van der Waals surface area contributed by atoms with Crippen molar-refractivity contribution in [3.8, 4) is 0 Å². The summed E-state index contributed by atoms with van der Waals surface area (Å²) in [5.41, 5.74) is 0.951. The SMILES string of the molecule is CC(C)(C)[Si](O[C@H]1C=CC2=CC(=O)O[C@H]2C1)(c1ccccc1)c1ccccc1. The first kappa shape index (κ1) is 18.9. The van der Waals surface area contributed by atoms with Gasteiger partial charge in [0, 0.05) is 12.5 Å². The van der Waals surface area contributed by atoms with Crippen LogP contribution in [0.4, 0.5) is 0 Å². The van der Waals surface area contributed by atoms with Crippen LogP contribution in [0.2, 0.25) is 5.04 Å². The molecule has 2 atom stereocenters. The van der Waals surface area contributed by atoms with Crippen molar-refractivity contribution in [2.24, 2.45) is 0 Å². The minimum atomic E-state index is -2.61. The van der Waals surface area contributed by atoms with Crippen LogP contribution in [0.5, 0.6) is 0 Å². The molecule has 0 aromatic heterocycles. The zero-order chi connectivity index (χ0) is 19.8. The van der Waals surface area contributed by atoms with Gasteiger partial charge in [0.1, 0.15) is 6.10 Å². The van der Waals surface area contributed by atoms with Crippen LogP contribution in [0.25, 0.3) is 0 Å². The molecule has 144 valence electrons. The first-order chi connectivity index (χ1) is 13.4. The maximum Gasteiger partial charge on any atom is 0.331 e. The van der Waals surface area contributed by atoms with Gasteiger partial charge in [-0.3, -0.25) is 0 Å². The van der Waals surface area contributed by atoms with Gasteiger partial charge in [-0.1, -0.05) is 93.6 Å². The molecule has 0 radical (unpaired) electrons. The van der Waals surface area contributed by atoms with E-state index in [1.54, 1.807) is 6.08 Å². The molecule has 4 heteroatoms. The van der Waals surface area contributed by atoms with E-state index in [4.69, 9.17) is 9.16 Å². The molecule has 1 aliphatic heterocycles. The van der Waals surface area contributed by atoms with Gasteiger partial charge < -0.3 is 9.16 Å². The molecule has 1 heterocycles. The zero-order valence-corrected chi connectivity index (χ0v) is 17.6. The highest BCUT2D eigenvalue weighted by Crippen LogP contribution is 2.39. The van der Waals surface area contributed by atoms with Gasteiger partial charge >= 0.3 is 5.97 Å². The van der Waals surface area contributed by atoms with Gasteiger partial charge in [0.15, 0.2) is 0 Å². The van der Waals surface area contributed by atoms with Crippen molar-refractivity contribution >= 4 is 24.7 Å². The van der Waals surface area contributed by atoms with Crippen LogP contribution in [0, 0.1) is 0 Å². The minimum Gasteiger partial charge on any atom is -0.454 e. The van der Waals surface area contributed by atoms with Gasteiger partial charge in [0.2, 0.25) is 0 Å². The molecule has 0 saturated carbocycles. The largest absolute Gasteiger partial charge is 0.454 e. The van der Waals surface area contributed by atoms with Crippen molar-refractivity contribution in [1.82, 2.24) is 0 Å². The summed E-state index contributed by atoms with van der Waals surface area (Å²) in [5.74, 6) is -0.254. The van der Waals surface area contributed by atoms with E-state index in [2.05, 4.69) is 75.4 Å². The number of ether oxygens (including phenoxy) is 1. The molecule has 2 aromatic carbocycles. The van der Waals surface area contributed by atoms with E-state index in [-0.39, 0.29) is 23.2 Å². The summed E-state index contributed by atoms with van der Waals surface area (Å²) in [6, 6.07) is 21.2. The fourth-order valence-corrected chi connectivity index (χ4v) is 8.97.